The molecule has 0 aliphatic rings. The first kappa shape index (κ1) is 9.55. The van der Waals surface area contributed by atoms with Crippen LogP contribution in [0.4, 0.5) is 8.78 Å². The Morgan fingerprint density at radius 1 is 1.17 bits per heavy atom. The van der Waals surface area contributed by atoms with Crippen LogP contribution in [-0.4, -0.2) is 8.42 Å². The van der Waals surface area contributed by atoms with Gasteiger partial charge in [0.1, 0.15) is 16.5 Å². The molecule has 12 heavy (non-hydrogen) atoms. The van der Waals surface area contributed by atoms with Crippen LogP contribution in [0.3, 0.4) is 0 Å². The lowest BCUT2D eigenvalue weighted by molar-refractivity contribution is 0.524. The van der Waals surface area contributed by atoms with Gasteiger partial charge in [0.05, 0.1) is 0 Å². The molecule has 1 unspecified atom stereocenters. The highest BCUT2D eigenvalue weighted by molar-refractivity contribution is 8.37. The van der Waals surface area contributed by atoms with E-state index in [0.717, 1.165) is 18.2 Å². The van der Waals surface area contributed by atoms with Crippen LogP contribution in [0, 0.1) is 11.6 Å². The summed E-state index contributed by atoms with van der Waals surface area (Å²) in [5.74, 6) is -2.16. The molecule has 0 radical (unpaired) electrons. The zero-order chi connectivity index (χ0) is 9.35. The molecule has 0 amide bonds. The number of benzene rings is 1. The lowest BCUT2D eigenvalue weighted by Gasteiger charge is -2.00. The molecule has 0 aromatic heterocycles. The predicted molar refractivity (Wildman–Crippen MR) is 43.3 cm³/mol. The van der Waals surface area contributed by atoms with Crippen LogP contribution in [0.2, 0.25) is 0 Å². The maximum Gasteiger partial charge on any atom is 0.194 e. The van der Waals surface area contributed by atoms with Gasteiger partial charge in [-0.1, -0.05) is 6.07 Å². The standard InChI is InChI=1S/C6H5F2O2PS/c7-4-2-1-3-5(8)6(4)12(9,10)11/h1-3H,11H2. The topological polar surface area (TPSA) is 34.1 Å². The largest absolute Gasteiger partial charge is 0.220 e. The quantitative estimate of drug-likeness (QED) is 0.658. The summed E-state index contributed by atoms with van der Waals surface area (Å²) in [6, 6.07) is 2.88. The van der Waals surface area contributed by atoms with Crippen molar-refractivity contribution in [2.24, 2.45) is 0 Å². The van der Waals surface area contributed by atoms with E-state index in [4.69, 9.17) is 0 Å². The van der Waals surface area contributed by atoms with E-state index in [9.17, 15) is 17.2 Å². The Bertz CT molecular complexity index is 382. The van der Waals surface area contributed by atoms with Crippen LogP contribution in [0.1, 0.15) is 0 Å². The Labute approximate surface area is 70.5 Å². The normalized spacial score (nSPS) is 11.6. The van der Waals surface area contributed by atoms with Gasteiger partial charge in [-0.3, -0.25) is 0 Å². The minimum absolute atomic E-state index is 0.889. The van der Waals surface area contributed by atoms with Gasteiger partial charge in [-0.25, -0.2) is 17.2 Å². The van der Waals surface area contributed by atoms with Crippen molar-refractivity contribution < 1.29 is 17.2 Å². The summed E-state index contributed by atoms with van der Waals surface area (Å²) in [6.45, 7) is 0. The van der Waals surface area contributed by atoms with Gasteiger partial charge in [-0.2, -0.15) is 0 Å². The fraction of sp³-hybridized carbons (Fsp3) is 0. The third kappa shape index (κ3) is 1.79. The van der Waals surface area contributed by atoms with E-state index in [0.29, 0.717) is 0 Å². The van der Waals surface area contributed by atoms with E-state index in [1.54, 1.807) is 0 Å². The highest BCUT2D eigenvalue weighted by Gasteiger charge is 2.18. The molecular weight excluding hydrogens is 205 g/mol. The van der Waals surface area contributed by atoms with Gasteiger partial charge >= 0.3 is 0 Å². The molecule has 1 aromatic carbocycles. The van der Waals surface area contributed by atoms with E-state index in [-0.39, 0.29) is 0 Å². The molecule has 0 spiro atoms. The van der Waals surface area contributed by atoms with Crippen molar-refractivity contribution in [1.82, 2.24) is 0 Å². The summed E-state index contributed by atoms with van der Waals surface area (Å²) in [7, 11) is -2.51. The van der Waals surface area contributed by atoms with Crippen molar-refractivity contribution >= 4 is 17.9 Å². The minimum Gasteiger partial charge on any atom is -0.220 e. The molecule has 0 aliphatic carbocycles. The molecule has 0 saturated heterocycles. The molecule has 0 saturated carbocycles. The first-order valence-corrected chi connectivity index (χ1v) is 5.86. The van der Waals surface area contributed by atoms with Gasteiger partial charge in [0.2, 0.25) is 0 Å². The van der Waals surface area contributed by atoms with Crippen LogP contribution >= 0.6 is 8.44 Å². The van der Waals surface area contributed by atoms with Crippen molar-refractivity contribution in [2.45, 2.75) is 4.90 Å². The average molecular weight is 210 g/mol. The van der Waals surface area contributed by atoms with E-state index in [1.807, 2.05) is 0 Å². The first-order valence-electron chi connectivity index (χ1n) is 2.90. The Balaban J connectivity index is 3.53. The molecule has 0 N–H and O–H groups in total. The summed E-state index contributed by atoms with van der Waals surface area (Å²) in [4.78, 5) is -0.907. The molecule has 66 valence electrons. The summed E-state index contributed by atoms with van der Waals surface area (Å²) in [6.07, 6.45) is 0. The Kier molecular flexibility index (Phi) is 2.44. The molecule has 1 atom stereocenters. The zero-order valence-electron chi connectivity index (χ0n) is 5.79. The highest BCUT2D eigenvalue weighted by Crippen LogP contribution is 2.23. The average Bonchev–Trinajstić information content (AvgIpc) is 1.82. The molecule has 0 heterocycles. The number of rotatable bonds is 1. The van der Waals surface area contributed by atoms with E-state index >= 15 is 0 Å². The summed E-state index contributed by atoms with van der Waals surface area (Å²) in [5, 5.41) is 0. The fourth-order valence-corrected chi connectivity index (χ4v) is 2.11. The summed E-state index contributed by atoms with van der Waals surface area (Å²) in [5.41, 5.74) is 0. The van der Waals surface area contributed by atoms with Crippen LogP contribution in [0.5, 0.6) is 0 Å². The van der Waals surface area contributed by atoms with Crippen molar-refractivity contribution in [1.29, 1.82) is 0 Å². The lowest BCUT2D eigenvalue weighted by Crippen LogP contribution is -1.98. The van der Waals surface area contributed by atoms with Crippen molar-refractivity contribution in [3.8, 4) is 0 Å². The molecule has 6 heteroatoms. The van der Waals surface area contributed by atoms with Crippen molar-refractivity contribution in [2.75, 3.05) is 0 Å². The molecule has 0 aliphatic heterocycles. The molecule has 0 bridgehead atoms. The number of hydrogen-bond donors (Lipinski definition) is 0. The van der Waals surface area contributed by atoms with Crippen molar-refractivity contribution in [3.63, 3.8) is 0 Å². The molecule has 2 nitrogen and oxygen atoms in total. The van der Waals surface area contributed by atoms with Crippen LogP contribution < -0.4 is 0 Å². The Morgan fingerprint density at radius 2 is 1.58 bits per heavy atom. The Hall–Kier alpha value is -0.540. The summed E-state index contributed by atoms with van der Waals surface area (Å²) >= 11 is 0. The monoisotopic (exact) mass is 210 g/mol. The maximum absolute atomic E-state index is 12.7. The zero-order valence-corrected chi connectivity index (χ0v) is 7.76. The van der Waals surface area contributed by atoms with Gasteiger partial charge in [-0.05, 0) is 20.6 Å². The van der Waals surface area contributed by atoms with E-state index in [1.165, 1.54) is 8.44 Å². The fourth-order valence-electron chi connectivity index (χ4n) is 0.754. The lowest BCUT2D eigenvalue weighted by atomic mass is 10.3. The molecule has 1 rings (SSSR count). The van der Waals surface area contributed by atoms with Gasteiger partial charge in [0.15, 0.2) is 9.46 Å². The van der Waals surface area contributed by atoms with Gasteiger partial charge < -0.3 is 0 Å². The number of halogens is 2. The maximum atomic E-state index is 12.7. The molecular formula is C6H5F2O2PS. The SMILES string of the molecule is O=S(=O)(P)c1c(F)cccc1F. The third-order valence-corrected chi connectivity index (χ3v) is 2.87. The number of hydrogen-bond acceptors (Lipinski definition) is 2. The smallest absolute Gasteiger partial charge is 0.194 e. The molecule has 1 aromatic rings. The second-order valence-electron chi connectivity index (χ2n) is 2.10. The van der Waals surface area contributed by atoms with E-state index < -0.39 is 26.0 Å². The third-order valence-electron chi connectivity index (χ3n) is 1.20. The van der Waals surface area contributed by atoms with E-state index in [2.05, 4.69) is 0 Å². The Morgan fingerprint density at radius 3 is 1.83 bits per heavy atom. The predicted octanol–water partition coefficient (Wildman–Crippen LogP) is 1.53. The summed E-state index contributed by atoms with van der Waals surface area (Å²) < 4.78 is 46.9. The van der Waals surface area contributed by atoms with Crippen LogP contribution in [0.15, 0.2) is 23.1 Å². The van der Waals surface area contributed by atoms with Gasteiger partial charge in [0.25, 0.3) is 0 Å². The van der Waals surface area contributed by atoms with Crippen molar-refractivity contribution in [3.05, 3.63) is 29.8 Å². The van der Waals surface area contributed by atoms with Crippen LogP contribution in [0.25, 0.3) is 0 Å². The second kappa shape index (κ2) is 3.07. The minimum atomic E-state index is -3.90. The molecule has 0 fully saturated rings. The van der Waals surface area contributed by atoms with Gasteiger partial charge in [0, 0.05) is 0 Å². The second-order valence-corrected chi connectivity index (χ2v) is 5.46. The van der Waals surface area contributed by atoms with Gasteiger partial charge in [-0.15, -0.1) is 0 Å². The first-order chi connectivity index (χ1) is 5.43. The van der Waals surface area contributed by atoms with Crippen LogP contribution in [-0.2, 0) is 9.46 Å². The highest BCUT2D eigenvalue weighted by atomic mass is 32.7.